The van der Waals surface area contributed by atoms with Crippen LogP contribution < -0.4 is 0 Å². The number of nitrogens with zero attached hydrogens (tertiary/aromatic N) is 3. The summed E-state index contributed by atoms with van der Waals surface area (Å²) in [5.74, 6) is 2.20. The first-order valence-electron chi connectivity index (χ1n) is 6.82. The van der Waals surface area contributed by atoms with Crippen LogP contribution in [0.3, 0.4) is 0 Å². The van der Waals surface area contributed by atoms with E-state index in [1.807, 2.05) is 6.20 Å². The number of H-pyrrole nitrogens is 1. The van der Waals surface area contributed by atoms with Crippen LogP contribution >= 0.6 is 0 Å². The van der Waals surface area contributed by atoms with Crippen molar-refractivity contribution in [3.05, 3.63) is 29.2 Å². The number of rotatable bonds is 2. The largest absolute Gasteiger partial charge is 0.381 e. The maximum Gasteiger partial charge on any atom is 0.230 e. The van der Waals surface area contributed by atoms with Gasteiger partial charge < -0.3 is 9.26 Å². The van der Waals surface area contributed by atoms with Gasteiger partial charge in [0.25, 0.3) is 0 Å². The van der Waals surface area contributed by atoms with Gasteiger partial charge in [-0.25, -0.2) is 0 Å². The number of hydrogen-bond acceptors (Lipinski definition) is 5. The summed E-state index contributed by atoms with van der Waals surface area (Å²) in [4.78, 5) is 4.58. The topological polar surface area (TPSA) is 76.8 Å². The molecule has 3 heterocycles. The Balaban J connectivity index is 1.54. The molecule has 2 atom stereocenters. The van der Waals surface area contributed by atoms with Gasteiger partial charge in [-0.15, -0.1) is 0 Å². The van der Waals surface area contributed by atoms with Crippen LogP contribution in [-0.2, 0) is 17.6 Å². The lowest BCUT2D eigenvalue weighted by Gasteiger charge is -2.17. The second-order valence-electron chi connectivity index (χ2n) is 5.36. The van der Waals surface area contributed by atoms with Crippen LogP contribution in [0.2, 0.25) is 0 Å². The number of hydrogen-bond donors (Lipinski definition) is 1. The highest BCUT2D eigenvalue weighted by Gasteiger charge is 2.28. The van der Waals surface area contributed by atoms with E-state index in [0.29, 0.717) is 18.4 Å². The van der Waals surface area contributed by atoms with Gasteiger partial charge in [0.05, 0.1) is 12.8 Å². The zero-order chi connectivity index (χ0) is 12.7. The Kier molecular flexibility index (Phi) is 2.61. The molecule has 2 aliphatic rings. The molecular weight excluding hydrogens is 244 g/mol. The highest BCUT2D eigenvalue weighted by Crippen LogP contribution is 2.32. The predicted molar refractivity (Wildman–Crippen MR) is 65.8 cm³/mol. The average Bonchev–Trinajstić information content (AvgIpc) is 3.18. The highest BCUT2D eigenvalue weighted by molar-refractivity contribution is 5.22. The predicted octanol–water partition coefficient (Wildman–Crippen LogP) is 1.57. The molecule has 6 heteroatoms. The van der Waals surface area contributed by atoms with Crippen LogP contribution in [0.5, 0.6) is 0 Å². The molecule has 100 valence electrons. The number of ether oxygens (including phenoxy) is 1. The average molecular weight is 260 g/mol. The molecule has 0 unspecified atom stereocenters. The monoisotopic (exact) mass is 260 g/mol. The van der Waals surface area contributed by atoms with E-state index >= 15 is 0 Å². The van der Waals surface area contributed by atoms with Gasteiger partial charge in [-0.1, -0.05) is 5.16 Å². The van der Waals surface area contributed by atoms with Crippen LogP contribution in [0.1, 0.15) is 47.6 Å². The Hall–Kier alpha value is -1.69. The minimum absolute atomic E-state index is 0.309. The van der Waals surface area contributed by atoms with Crippen molar-refractivity contribution in [2.75, 3.05) is 13.2 Å². The van der Waals surface area contributed by atoms with Crippen LogP contribution in [-0.4, -0.2) is 33.6 Å². The molecule has 1 saturated heterocycles. The summed E-state index contributed by atoms with van der Waals surface area (Å²) in [5.41, 5.74) is 2.53. The molecule has 1 aliphatic heterocycles. The summed E-state index contributed by atoms with van der Waals surface area (Å²) in [7, 11) is 0. The molecule has 0 spiro atoms. The second kappa shape index (κ2) is 4.45. The minimum Gasteiger partial charge on any atom is -0.381 e. The van der Waals surface area contributed by atoms with Crippen molar-refractivity contribution >= 4 is 0 Å². The van der Waals surface area contributed by atoms with E-state index in [9.17, 15) is 0 Å². The van der Waals surface area contributed by atoms with Crippen LogP contribution in [0.4, 0.5) is 0 Å². The Morgan fingerprint density at radius 1 is 1.26 bits per heavy atom. The summed E-state index contributed by atoms with van der Waals surface area (Å²) >= 11 is 0. The maximum atomic E-state index is 5.46. The van der Waals surface area contributed by atoms with Crippen molar-refractivity contribution in [3.8, 4) is 0 Å². The van der Waals surface area contributed by atoms with Gasteiger partial charge in [-0.05, 0) is 24.8 Å². The third-order valence-corrected chi connectivity index (χ3v) is 4.12. The molecule has 0 bridgehead atoms. The molecule has 4 rings (SSSR count). The van der Waals surface area contributed by atoms with Gasteiger partial charge in [-0.3, -0.25) is 5.10 Å². The fourth-order valence-electron chi connectivity index (χ4n) is 2.94. The van der Waals surface area contributed by atoms with E-state index < -0.39 is 0 Å². The summed E-state index contributed by atoms with van der Waals surface area (Å²) < 4.78 is 10.8. The standard InChI is InChI=1S/C13H16N4O2/c1-2-9-6-14-16-11(9)5-8(1)13-15-12(17-19-13)10-3-4-18-7-10/h6,8,10H,1-5,7H2,(H,14,16)/t8-,10+/m0/s1. The van der Waals surface area contributed by atoms with Gasteiger partial charge in [0, 0.05) is 30.6 Å². The molecule has 1 N–H and O–H groups in total. The highest BCUT2D eigenvalue weighted by atomic mass is 16.5. The van der Waals surface area contributed by atoms with E-state index in [2.05, 4.69) is 20.3 Å². The van der Waals surface area contributed by atoms with Gasteiger partial charge in [0.15, 0.2) is 5.82 Å². The zero-order valence-corrected chi connectivity index (χ0v) is 10.6. The Labute approximate surface area is 110 Å². The number of nitrogens with one attached hydrogen (secondary N) is 1. The van der Waals surface area contributed by atoms with Crippen molar-refractivity contribution in [1.29, 1.82) is 0 Å². The molecule has 2 aromatic rings. The van der Waals surface area contributed by atoms with Crippen molar-refractivity contribution in [2.45, 2.75) is 37.5 Å². The Bertz CT molecular complexity index is 571. The van der Waals surface area contributed by atoms with Crippen molar-refractivity contribution < 1.29 is 9.26 Å². The van der Waals surface area contributed by atoms with Crippen molar-refractivity contribution in [1.82, 2.24) is 20.3 Å². The van der Waals surface area contributed by atoms with Crippen LogP contribution in [0, 0.1) is 0 Å². The summed E-state index contributed by atoms with van der Waals surface area (Å²) in [6, 6.07) is 0. The lowest BCUT2D eigenvalue weighted by molar-refractivity contribution is 0.192. The summed E-state index contributed by atoms with van der Waals surface area (Å²) in [5, 5.41) is 11.3. The third kappa shape index (κ3) is 1.96. The minimum atomic E-state index is 0.309. The smallest absolute Gasteiger partial charge is 0.230 e. The number of aryl methyl sites for hydroxylation is 1. The molecule has 0 radical (unpaired) electrons. The number of aromatic nitrogens is 4. The molecular formula is C13H16N4O2. The lowest BCUT2D eigenvalue weighted by Crippen LogP contribution is -2.12. The maximum absolute atomic E-state index is 5.46. The molecule has 0 amide bonds. The van der Waals surface area contributed by atoms with E-state index in [4.69, 9.17) is 9.26 Å². The molecule has 6 nitrogen and oxygen atoms in total. The first-order chi connectivity index (χ1) is 9.40. The van der Waals surface area contributed by atoms with Gasteiger partial charge in [-0.2, -0.15) is 10.1 Å². The van der Waals surface area contributed by atoms with Crippen LogP contribution in [0.25, 0.3) is 0 Å². The number of fused-ring (bicyclic) bond motifs is 1. The first-order valence-corrected chi connectivity index (χ1v) is 6.82. The van der Waals surface area contributed by atoms with Gasteiger partial charge in [0.2, 0.25) is 5.89 Å². The van der Waals surface area contributed by atoms with E-state index in [1.165, 1.54) is 11.3 Å². The zero-order valence-electron chi connectivity index (χ0n) is 10.6. The van der Waals surface area contributed by atoms with Crippen molar-refractivity contribution in [2.24, 2.45) is 0 Å². The summed E-state index contributed by atoms with van der Waals surface area (Å²) in [6.45, 7) is 1.52. The third-order valence-electron chi connectivity index (χ3n) is 4.12. The number of aromatic amines is 1. The Morgan fingerprint density at radius 3 is 3.16 bits per heavy atom. The molecule has 1 fully saturated rings. The molecule has 0 aromatic carbocycles. The normalized spacial score (nSPS) is 26.5. The van der Waals surface area contributed by atoms with Gasteiger partial charge >= 0.3 is 0 Å². The quantitative estimate of drug-likeness (QED) is 0.886. The Morgan fingerprint density at radius 2 is 2.26 bits per heavy atom. The fraction of sp³-hybridized carbons (Fsp3) is 0.615. The van der Waals surface area contributed by atoms with Gasteiger partial charge in [0.1, 0.15) is 0 Å². The lowest BCUT2D eigenvalue weighted by atomic mass is 9.88. The summed E-state index contributed by atoms with van der Waals surface area (Å²) in [6.07, 6.45) is 5.91. The van der Waals surface area contributed by atoms with E-state index in [0.717, 1.165) is 44.0 Å². The van der Waals surface area contributed by atoms with E-state index in [1.54, 1.807) is 0 Å². The molecule has 1 aliphatic carbocycles. The fourth-order valence-corrected chi connectivity index (χ4v) is 2.94. The molecule has 19 heavy (non-hydrogen) atoms. The van der Waals surface area contributed by atoms with E-state index in [-0.39, 0.29) is 0 Å². The first kappa shape index (κ1) is 11.2. The molecule has 0 saturated carbocycles. The second-order valence-corrected chi connectivity index (χ2v) is 5.36. The molecule has 2 aromatic heterocycles. The SMILES string of the molecule is c1n[nH]c2c1CC[C@H](c1nc([C@@H]3CCOC3)no1)C2. The van der Waals surface area contributed by atoms with Crippen LogP contribution in [0.15, 0.2) is 10.7 Å². The van der Waals surface area contributed by atoms with Crippen molar-refractivity contribution in [3.63, 3.8) is 0 Å².